The van der Waals surface area contributed by atoms with Gasteiger partial charge in [-0.2, -0.15) is 0 Å². The van der Waals surface area contributed by atoms with E-state index in [2.05, 4.69) is 11.6 Å². The molecule has 1 amide bonds. The minimum absolute atomic E-state index is 0.0184. The number of rotatable bonds is 6. The minimum Gasteiger partial charge on any atom is -0.312 e. The van der Waals surface area contributed by atoms with Crippen molar-refractivity contribution in [1.29, 1.82) is 0 Å². The lowest BCUT2D eigenvalue weighted by Gasteiger charge is -2.29. The molecule has 29 heavy (non-hydrogen) atoms. The summed E-state index contributed by atoms with van der Waals surface area (Å²) in [6, 6.07) is 12.9. The highest BCUT2D eigenvalue weighted by atomic mass is 32.2. The second kappa shape index (κ2) is 8.67. The smallest absolute Gasteiger partial charge is 0.241 e. The van der Waals surface area contributed by atoms with E-state index in [1.807, 2.05) is 38.1 Å². The molecule has 3 rings (SSSR count). The molecule has 0 saturated heterocycles. The summed E-state index contributed by atoms with van der Waals surface area (Å²) in [7, 11) is -3.69. The van der Waals surface area contributed by atoms with E-state index in [0.29, 0.717) is 6.54 Å². The first-order valence-electron chi connectivity index (χ1n) is 10.2. The summed E-state index contributed by atoms with van der Waals surface area (Å²) >= 11 is 0. The number of fused-ring (bicyclic) bond motifs is 1. The fourth-order valence-corrected chi connectivity index (χ4v) is 5.28. The van der Waals surface area contributed by atoms with Crippen molar-refractivity contribution in [2.45, 2.75) is 57.9 Å². The molecule has 0 saturated carbocycles. The first kappa shape index (κ1) is 21.5. The van der Waals surface area contributed by atoms with Gasteiger partial charge < -0.3 is 4.90 Å². The first-order chi connectivity index (χ1) is 13.7. The fraction of sp³-hybridized carbons (Fsp3) is 0.435. The van der Waals surface area contributed by atoms with Crippen molar-refractivity contribution >= 4 is 21.6 Å². The van der Waals surface area contributed by atoms with Crippen molar-refractivity contribution < 1.29 is 13.2 Å². The van der Waals surface area contributed by atoms with E-state index in [1.54, 1.807) is 30.0 Å². The summed E-state index contributed by atoms with van der Waals surface area (Å²) in [5.74, 6) is 0.0816. The molecule has 0 spiro atoms. The number of benzene rings is 2. The number of hydrogen-bond acceptors (Lipinski definition) is 3. The van der Waals surface area contributed by atoms with Gasteiger partial charge in [-0.15, -0.1) is 0 Å². The molecule has 1 atom stereocenters. The summed E-state index contributed by atoms with van der Waals surface area (Å²) in [6.07, 6.45) is 2.56. The second-order valence-corrected chi connectivity index (χ2v) is 9.72. The van der Waals surface area contributed by atoms with Gasteiger partial charge in [0.1, 0.15) is 0 Å². The first-order valence-corrected chi connectivity index (χ1v) is 11.7. The highest BCUT2D eigenvalue weighted by Gasteiger charge is 2.26. The zero-order valence-corrected chi connectivity index (χ0v) is 18.4. The Morgan fingerprint density at radius 2 is 1.83 bits per heavy atom. The van der Waals surface area contributed by atoms with Gasteiger partial charge in [-0.3, -0.25) is 4.79 Å². The summed E-state index contributed by atoms with van der Waals surface area (Å²) in [6.45, 7) is 8.34. The zero-order chi connectivity index (χ0) is 21.2. The Bertz CT molecular complexity index is 982. The van der Waals surface area contributed by atoms with Crippen molar-refractivity contribution in [2.24, 2.45) is 5.92 Å². The Morgan fingerprint density at radius 1 is 1.14 bits per heavy atom. The predicted octanol–water partition coefficient (Wildman–Crippen LogP) is 4.22. The molecule has 0 unspecified atom stereocenters. The van der Waals surface area contributed by atoms with Crippen LogP contribution in [0, 0.1) is 5.92 Å². The van der Waals surface area contributed by atoms with Crippen molar-refractivity contribution in [3.05, 3.63) is 59.2 Å². The van der Waals surface area contributed by atoms with Crippen molar-refractivity contribution in [2.75, 3.05) is 11.4 Å². The van der Waals surface area contributed by atoms with Gasteiger partial charge in [0.05, 0.1) is 4.90 Å². The summed E-state index contributed by atoms with van der Waals surface area (Å²) in [5, 5.41) is 0. The van der Waals surface area contributed by atoms with Gasteiger partial charge >= 0.3 is 0 Å². The molecule has 1 heterocycles. The summed E-state index contributed by atoms with van der Waals surface area (Å²) in [5.41, 5.74) is 3.91. The van der Waals surface area contributed by atoms with Gasteiger partial charge in [0.25, 0.3) is 0 Å². The number of hydrogen-bond donors (Lipinski definition) is 1. The molecular weight excluding hydrogens is 384 g/mol. The third-order valence-corrected chi connectivity index (χ3v) is 6.99. The van der Waals surface area contributed by atoms with E-state index in [0.717, 1.165) is 36.1 Å². The summed E-state index contributed by atoms with van der Waals surface area (Å²) in [4.78, 5) is 13.8. The van der Waals surface area contributed by atoms with Crippen LogP contribution >= 0.6 is 0 Å². The van der Waals surface area contributed by atoms with Crippen LogP contribution in [0.2, 0.25) is 0 Å². The van der Waals surface area contributed by atoms with Gasteiger partial charge in [0, 0.05) is 25.2 Å². The fourth-order valence-electron chi connectivity index (χ4n) is 3.85. The Hall–Kier alpha value is -2.18. The van der Waals surface area contributed by atoms with E-state index < -0.39 is 10.0 Å². The Balaban J connectivity index is 1.90. The highest BCUT2D eigenvalue weighted by Crippen LogP contribution is 2.31. The van der Waals surface area contributed by atoms with Crippen LogP contribution in [-0.4, -0.2) is 20.9 Å². The highest BCUT2D eigenvalue weighted by molar-refractivity contribution is 7.89. The molecular formula is C23H30N2O3S. The van der Waals surface area contributed by atoms with Gasteiger partial charge in [-0.1, -0.05) is 45.0 Å². The molecule has 1 N–H and O–H groups in total. The standard InChI is InChI=1S/C23H30N2O3S/c1-5-18-8-10-19(11-9-18)23(16(2)3)24-29(27,28)21-12-13-22-20(15-21)7-6-14-25(22)17(4)26/h8-13,15-16,23-24H,5-7,14H2,1-4H3/t23-/m0/s1. The van der Waals surface area contributed by atoms with Crippen molar-refractivity contribution in [3.63, 3.8) is 0 Å². The van der Waals surface area contributed by atoms with Crippen LogP contribution in [0.1, 0.15) is 56.8 Å². The number of aryl methyl sites for hydroxylation is 2. The average Bonchev–Trinajstić information content (AvgIpc) is 2.71. The van der Waals surface area contributed by atoms with E-state index in [4.69, 9.17) is 0 Å². The molecule has 0 aromatic heterocycles. The van der Waals surface area contributed by atoms with Crippen molar-refractivity contribution in [1.82, 2.24) is 4.72 Å². The lowest BCUT2D eigenvalue weighted by atomic mass is 9.96. The number of anilines is 1. The van der Waals surface area contributed by atoms with Crippen LogP contribution < -0.4 is 9.62 Å². The number of amides is 1. The van der Waals surface area contributed by atoms with E-state index >= 15 is 0 Å². The molecule has 2 aromatic carbocycles. The summed E-state index contributed by atoms with van der Waals surface area (Å²) < 4.78 is 29.2. The molecule has 0 radical (unpaired) electrons. The van der Waals surface area contributed by atoms with Crippen LogP contribution in [0.5, 0.6) is 0 Å². The average molecular weight is 415 g/mol. The number of carbonyl (C=O) groups excluding carboxylic acids is 1. The van der Waals surface area contributed by atoms with Crippen LogP contribution in [0.4, 0.5) is 5.69 Å². The minimum atomic E-state index is -3.69. The molecule has 2 aromatic rings. The predicted molar refractivity (Wildman–Crippen MR) is 117 cm³/mol. The van der Waals surface area contributed by atoms with E-state index in [-0.39, 0.29) is 22.8 Å². The molecule has 156 valence electrons. The third-order valence-electron chi connectivity index (χ3n) is 5.56. The lowest BCUT2D eigenvalue weighted by molar-refractivity contribution is -0.116. The lowest BCUT2D eigenvalue weighted by Crippen LogP contribution is -2.34. The monoisotopic (exact) mass is 414 g/mol. The SMILES string of the molecule is CCc1ccc([C@@H](NS(=O)(=O)c2ccc3c(c2)CCCN3C(C)=O)C(C)C)cc1. The van der Waals surface area contributed by atoms with Gasteiger partial charge in [-0.05, 0) is 60.1 Å². The molecule has 0 aliphatic carbocycles. The number of sulfonamides is 1. The normalized spacial score (nSPS) is 15.3. The second-order valence-electron chi connectivity index (χ2n) is 8.00. The topological polar surface area (TPSA) is 66.5 Å². The number of nitrogens with zero attached hydrogens (tertiary/aromatic N) is 1. The zero-order valence-electron chi connectivity index (χ0n) is 17.6. The van der Waals surface area contributed by atoms with E-state index in [9.17, 15) is 13.2 Å². The molecule has 6 heteroatoms. The molecule has 0 bridgehead atoms. The Morgan fingerprint density at radius 3 is 2.41 bits per heavy atom. The van der Waals surface area contributed by atoms with Crippen LogP contribution in [-0.2, 0) is 27.7 Å². The maximum Gasteiger partial charge on any atom is 0.241 e. The number of carbonyl (C=O) groups is 1. The van der Waals surface area contributed by atoms with Crippen LogP contribution in [0.25, 0.3) is 0 Å². The van der Waals surface area contributed by atoms with Gasteiger partial charge in [0.15, 0.2) is 0 Å². The third kappa shape index (κ3) is 4.70. The van der Waals surface area contributed by atoms with Crippen LogP contribution in [0.3, 0.4) is 0 Å². The Labute approximate surface area is 174 Å². The van der Waals surface area contributed by atoms with Gasteiger partial charge in [0.2, 0.25) is 15.9 Å². The quantitative estimate of drug-likeness (QED) is 0.769. The molecule has 1 aliphatic rings. The molecule has 1 aliphatic heterocycles. The largest absolute Gasteiger partial charge is 0.312 e. The Kier molecular flexibility index (Phi) is 6.44. The van der Waals surface area contributed by atoms with Crippen molar-refractivity contribution in [3.8, 4) is 0 Å². The van der Waals surface area contributed by atoms with E-state index in [1.165, 1.54) is 5.56 Å². The maximum atomic E-state index is 13.2. The van der Waals surface area contributed by atoms with Gasteiger partial charge in [-0.25, -0.2) is 13.1 Å². The number of nitrogens with one attached hydrogen (secondary N) is 1. The van der Waals surface area contributed by atoms with Crippen LogP contribution in [0.15, 0.2) is 47.4 Å². The molecule has 5 nitrogen and oxygen atoms in total. The maximum absolute atomic E-state index is 13.2. The molecule has 0 fully saturated rings.